The lowest BCUT2D eigenvalue weighted by atomic mass is 10.1. The molecule has 1 atom stereocenters. The molecule has 3 N–H and O–H groups in total. The number of benzene rings is 1. The predicted molar refractivity (Wildman–Crippen MR) is 59.3 cm³/mol. The Morgan fingerprint density at radius 2 is 2.29 bits per heavy atom. The number of halogens is 1. The van der Waals surface area contributed by atoms with Gasteiger partial charge in [0.25, 0.3) is 0 Å². The summed E-state index contributed by atoms with van der Waals surface area (Å²) in [5, 5.41) is 8.75. The maximum Gasteiger partial charge on any atom is 0.133 e. The van der Waals surface area contributed by atoms with Gasteiger partial charge in [-0.05, 0) is 40.0 Å². The smallest absolute Gasteiger partial charge is 0.133 e. The second-order valence-corrected chi connectivity index (χ2v) is 3.87. The minimum absolute atomic E-state index is 0.102. The van der Waals surface area contributed by atoms with Crippen molar-refractivity contribution in [3.05, 3.63) is 28.2 Å². The van der Waals surface area contributed by atoms with Gasteiger partial charge in [-0.1, -0.05) is 6.07 Å². The first-order valence-electron chi connectivity index (χ1n) is 4.39. The molecular formula is C10H14BrNO2. The van der Waals surface area contributed by atoms with Crippen LogP contribution in [-0.4, -0.2) is 18.8 Å². The number of hydrogen-bond acceptors (Lipinski definition) is 3. The van der Waals surface area contributed by atoms with Gasteiger partial charge in [-0.25, -0.2) is 0 Å². The quantitative estimate of drug-likeness (QED) is 0.868. The molecule has 78 valence electrons. The van der Waals surface area contributed by atoms with Crippen LogP contribution in [0, 0.1) is 0 Å². The van der Waals surface area contributed by atoms with E-state index in [0.29, 0.717) is 6.42 Å². The molecule has 0 radical (unpaired) electrons. The Kier molecular flexibility index (Phi) is 4.38. The molecule has 0 fully saturated rings. The van der Waals surface area contributed by atoms with Crippen LogP contribution in [0.3, 0.4) is 0 Å². The third kappa shape index (κ3) is 2.70. The van der Waals surface area contributed by atoms with Crippen molar-refractivity contribution in [3.8, 4) is 5.75 Å². The molecule has 4 heteroatoms. The lowest BCUT2D eigenvalue weighted by Gasteiger charge is -2.12. The summed E-state index contributed by atoms with van der Waals surface area (Å²) in [4.78, 5) is 0. The van der Waals surface area contributed by atoms with Crippen molar-refractivity contribution >= 4 is 15.9 Å². The Morgan fingerprint density at radius 1 is 1.57 bits per heavy atom. The molecule has 0 saturated heterocycles. The Hall–Kier alpha value is -0.580. The fourth-order valence-corrected chi connectivity index (χ4v) is 1.78. The van der Waals surface area contributed by atoms with Crippen LogP contribution < -0.4 is 10.5 Å². The average molecular weight is 260 g/mol. The van der Waals surface area contributed by atoms with E-state index in [1.165, 1.54) is 0 Å². The van der Waals surface area contributed by atoms with Gasteiger partial charge in [0.2, 0.25) is 0 Å². The molecule has 1 aromatic carbocycles. The van der Waals surface area contributed by atoms with Crippen LogP contribution >= 0.6 is 15.9 Å². The molecule has 3 nitrogen and oxygen atoms in total. The van der Waals surface area contributed by atoms with Crippen LogP contribution in [0.15, 0.2) is 22.7 Å². The molecule has 0 aliphatic carbocycles. The average Bonchev–Trinajstić information content (AvgIpc) is 2.18. The SMILES string of the molecule is COc1ccc(C(N)CCO)cc1Br. The van der Waals surface area contributed by atoms with Crippen molar-refractivity contribution in [1.82, 2.24) is 0 Å². The second-order valence-electron chi connectivity index (χ2n) is 3.01. The standard InChI is InChI=1S/C10H14BrNO2/c1-14-10-3-2-7(6-8(10)11)9(12)4-5-13/h2-3,6,9,13H,4-5,12H2,1H3. The molecule has 0 amide bonds. The van der Waals surface area contributed by atoms with E-state index in [-0.39, 0.29) is 12.6 Å². The Morgan fingerprint density at radius 3 is 2.79 bits per heavy atom. The van der Waals surface area contributed by atoms with Crippen LogP contribution in [0.2, 0.25) is 0 Å². The first kappa shape index (κ1) is 11.5. The number of ether oxygens (including phenoxy) is 1. The largest absolute Gasteiger partial charge is 0.496 e. The minimum atomic E-state index is -0.123. The molecule has 0 spiro atoms. The monoisotopic (exact) mass is 259 g/mol. The van der Waals surface area contributed by atoms with E-state index < -0.39 is 0 Å². The van der Waals surface area contributed by atoms with E-state index in [4.69, 9.17) is 15.6 Å². The number of aliphatic hydroxyl groups excluding tert-OH is 1. The van der Waals surface area contributed by atoms with Crippen molar-refractivity contribution in [2.24, 2.45) is 5.73 Å². The topological polar surface area (TPSA) is 55.5 Å². The summed E-state index contributed by atoms with van der Waals surface area (Å²) in [6, 6.07) is 5.56. The fraction of sp³-hybridized carbons (Fsp3) is 0.400. The Balaban J connectivity index is 2.85. The zero-order valence-electron chi connectivity index (χ0n) is 8.03. The highest BCUT2D eigenvalue weighted by Crippen LogP contribution is 2.28. The summed E-state index contributed by atoms with van der Waals surface area (Å²) in [6.07, 6.45) is 0.568. The van der Waals surface area contributed by atoms with Crippen molar-refractivity contribution in [2.75, 3.05) is 13.7 Å². The molecule has 0 heterocycles. The first-order chi connectivity index (χ1) is 6.69. The molecular weight excluding hydrogens is 246 g/mol. The van der Waals surface area contributed by atoms with Gasteiger partial charge in [-0.2, -0.15) is 0 Å². The van der Waals surface area contributed by atoms with Gasteiger partial charge < -0.3 is 15.6 Å². The summed E-state index contributed by atoms with van der Waals surface area (Å²) in [5.74, 6) is 0.782. The molecule has 0 aliphatic rings. The maximum absolute atomic E-state index is 8.75. The van der Waals surface area contributed by atoms with Gasteiger partial charge in [-0.15, -0.1) is 0 Å². The zero-order valence-corrected chi connectivity index (χ0v) is 9.62. The Labute approximate surface area is 92.0 Å². The van der Waals surface area contributed by atoms with E-state index in [1.54, 1.807) is 7.11 Å². The predicted octanol–water partition coefficient (Wildman–Crippen LogP) is 1.84. The van der Waals surface area contributed by atoms with Crippen LogP contribution in [-0.2, 0) is 0 Å². The summed E-state index contributed by atoms with van der Waals surface area (Å²) >= 11 is 3.38. The highest BCUT2D eigenvalue weighted by atomic mass is 79.9. The molecule has 0 saturated carbocycles. The highest BCUT2D eigenvalue weighted by Gasteiger charge is 2.07. The van der Waals surface area contributed by atoms with Crippen LogP contribution in [0.1, 0.15) is 18.0 Å². The number of hydrogen-bond donors (Lipinski definition) is 2. The van der Waals surface area contributed by atoms with Gasteiger partial charge in [-0.3, -0.25) is 0 Å². The van der Waals surface area contributed by atoms with E-state index in [2.05, 4.69) is 15.9 Å². The molecule has 1 unspecified atom stereocenters. The molecule has 0 aliphatic heterocycles. The summed E-state index contributed by atoms with van der Waals surface area (Å²) < 4.78 is 5.98. The van der Waals surface area contributed by atoms with Crippen LogP contribution in [0.4, 0.5) is 0 Å². The number of aliphatic hydroxyl groups is 1. The van der Waals surface area contributed by atoms with E-state index >= 15 is 0 Å². The lowest BCUT2D eigenvalue weighted by Crippen LogP contribution is -2.11. The van der Waals surface area contributed by atoms with E-state index in [9.17, 15) is 0 Å². The van der Waals surface area contributed by atoms with Gasteiger partial charge in [0, 0.05) is 12.6 Å². The van der Waals surface area contributed by atoms with Gasteiger partial charge >= 0.3 is 0 Å². The maximum atomic E-state index is 8.75. The van der Waals surface area contributed by atoms with Crippen molar-refractivity contribution in [1.29, 1.82) is 0 Å². The number of methoxy groups -OCH3 is 1. The molecule has 14 heavy (non-hydrogen) atoms. The zero-order chi connectivity index (χ0) is 10.6. The van der Waals surface area contributed by atoms with E-state index in [1.807, 2.05) is 18.2 Å². The summed E-state index contributed by atoms with van der Waals surface area (Å²) in [7, 11) is 1.62. The third-order valence-electron chi connectivity index (χ3n) is 2.04. The van der Waals surface area contributed by atoms with Crippen molar-refractivity contribution in [3.63, 3.8) is 0 Å². The number of rotatable bonds is 4. The molecule has 0 bridgehead atoms. The second kappa shape index (κ2) is 5.34. The van der Waals surface area contributed by atoms with Crippen LogP contribution in [0.25, 0.3) is 0 Å². The van der Waals surface area contributed by atoms with E-state index in [0.717, 1.165) is 15.8 Å². The lowest BCUT2D eigenvalue weighted by molar-refractivity contribution is 0.276. The molecule has 0 aromatic heterocycles. The van der Waals surface area contributed by atoms with Gasteiger partial charge in [0.05, 0.1) is 11.6 Å². The summed E-state index contributed by atoms with van der Waals surface area (Å²) in [6.45, 7) is 0.102. The Bertz CT molecular complexity index is 304. The molecule has 1 rings (SSSR count). The third-order valence-corrected chi connectivity index (χ3v) is 2.66. The minimum Gasteiger partial charge on any atom is -0.496 e. The van der Waals surface area contributed by atoms with Crippen molar-refractivity contribution in [2.45, 2.75) is 12.5 Å². The molecule has 1 aromatic rings. The van der Waals surface area contributed by atoms with Gasteiger partial charge in [0.15, 0.2) is 0 Å². The summed E-state index contributed by atoms with van der Waals surface area (Å²) in [5.41, 5.74) is 6.84. The highest BCUT2D eigenvalue weighted by molar-refractivity contribution is 9.10. The fourth-order valence-electron chi connectivity index (χ4n) is 1.22. The van der Waals surface area contributed by atoms with Gasteiger partial charge in [0.1, 0.15) is 5.75 Å². The first-order valence-corrected chi connectivity index (χ1v) is 5.18. The van der Waals surface area contributed by atoms with Crippen molar-refractivity contribution < 1.29 is 9.84 Å². The van der Waals surface area contributed by atoms with Crippen LogP contribution in [0.5, 0.6) is 5.75 Å². The normalized spacial score (nSPS) is 12.6. The number of nitrogens with two attached hydrogens (primary N) is 1.